The highest BCUT2D eigenvalue weighted by Crippen LogP contribution is 2.29. The molecule has 7 nitrogen and oxygen atoms in total. The lowest BCUT2D eigenvalue weighted by atomic mass is 10.2. The maximum absolute atomic E-state index is 11.7. The number of rotatable bonds is 7. The van der Waals surface area contributed by atoms with E-state index in [1.165, 1.54) is 12.8 Å². The van der Waals surface area contributed by atoms with Gasteiger partial charge in [0.2, 0.25) is 11.8 Å². The van der Waals surface area contributed by atoms with Crippen LogP contribution in [0.5, 0.6) is 5.88 Å². The number of fused-ring (bicyclic) bond motifs is 1. The van der Waals surface area contributed by atoms with E-state index in [0.29, 0.717) is 18.3 Å². The summed E-state index contributed by atoms with van der Waals surface area (Å²) in [6, 6.07) is 3.95. The second kappa shape index (κ2) is 7.34. The summed E-state index contributed by atoms with van der Waals surface area (Å²) in [6.07, 6.45) is 8.24. The first-order valence-electron chi connectivity index (χ1n) is 9.22. The number of carbonyl (C=O) groups is 1. The summed E-state index contributed by atoms with van der Waals surface area (Å²) in [6.45, 7) is 3.38. The molecule has 0 spiro atoms. The summed E-state index contributed by atoms with van der Waals surface area (Å²) in [5.41, 5.74) is 3.65. The van der Waals surface area contributed by atoms with Crippen LogP contribution in [0.4, 0.5) is 0 Å². The molecule has 27 heavy (non-hydrogen) atoms. The monoisotopic (exact) mass is 365 g/mol. The molecular formula is C20H23N5O2. The molecule has 3 aromatic heterocycles. The molecule has 0 saturated heterocycles. The average molecular weight is 365 g/mol. The SMILES string of the molecule is CNC(=O)Cc1nccc2nn(Cc3cnc(OCC4CC4)c(C)c3)cc12. The van der Waals surface area contributed by atoms with Crippen LogP contribution in [-0.4, -0.2) is 39.3 Å². The molecule has 0 aromatic carbocycles. The Bertz CT molecular complexity index is 978. The molecule has 1 amide bonds. The van der Waals surface area contributed by atoms with Gasteiger partial charge < -0.3 is 10.1 Å². The third-order valence-electron chi connectivity index (χ3n) is 4.75. The van der Waals surface area contributed by atoms with Crippen molar-refractivity contribution in [2.45, 2.75) is 32.7 Å². The molecule has 1 fully saturated rings. The first-order valence-corrected chi connectivity index (χ1v) is 9.22. The van der Waals surface area contributed by atoms with E-state index in [1.807, 2.05) is 30.1 Å². The molecule has 0 bridgehead atoms. The predicted octanol–water partition coefficient (Wildman–Crippen LogP) is 2.26. The number of amides is 1. The van der Waals surface area contributed by atoms with Crippen LogP contribution >= 0.6 is 0 Å². The molecule has 140 valence electrons. The Morgan fingerprint density at radius 1 is 1.37 bits per heavy atom. The number of pyridine rings is 2. The highest BCUT2D eigenvalue weighted by atomic mass is 16.5. The third kappa shape index (κ3) is 4.07. The topological polar surface area (TPSA) is 81.9 Å². The third-order valence-corrected chi connectivity index (χ3v) is 4.75. The van der Waals surface area contributed by atoms with Gasteiger partial charge in [0.1, 0.15) is 0 Å². The molecule has 3 heterocycles. The second-order valence-corrected chi connectivity index (χ2v) is 7.09. The van der Waals surface area contributed by atoms with Crippen LogP contribution in [0.25, 0.3) is 10.9 Å². The van der Waals surface area contributed by atoms with E-state index in [9.17, 15) is 4.79 Å². The summed E-state index contributed by atoms with van der Waals surface area (Å²) >= 11 is 0. The van der Waals surface area contributed by atoms with Gasteiger partial charge in [-0.3, -0.25) is 14.5 Å². The number of aromatic nitrogens is 4. The molecule has 4 rings (SSSR count). The van der Waals surface area contributed by atoms with Gasteiger partial charge in [0.05, 0.1) is 30.8 Å². The minimum absolute atomic E-state index is 0.0654. The Hall–Kier alpha value is -2.96. The standard InChI is InChI=1S/C20H23N5O2/c1-13-7-15(9-23-20(13)27-12-14-3-4-14)10-25-11-16-17(24-25)5-6-22-18(16)8-19(26)21-2/h5-7,9,11,14H,3-4,8,10,12H2,1-2H3,(H,21,26). The van der Waals surface area contributed by atoms with E-state index in [-0.39, 0.29) is 12.3 Å². The average Bonchev–Trinajstić information content (AvgIpc) is 3.39. The van der Waals surface area contributed by atoms with Crippen LogP contribution < -0.4 is 10.1 Å². The quantitative estimate of drug-likeness (QED) is 0.694. The van der Waals surface area contributed by atoms with Crippen LogP contribution in [-0.2, 0) is 17.8 Å². The molecule has 1 N–H and O–H groups in total. The van der Waals surface area contributed by atoms with E-state index >= 15 is 0 Å². The number of hydrogen-bond donors (Lipinski definition) is 1. The van der Waals surface area contributed by atoms with Gasteiger partial charge in [-0.1, -0.05) is 0 Å². The zero-order valence-corrected chi connectivity index (χ0v) is 15.6. The number of likely N-dealkylation sites (N-methyl/N-ethyl adjacent to an activating group) is 1. The first kappa shape index (κ1) is 17.5. The fraction of sp³-hybridized carbons (Fsp3) is 0.400. The molecule has 1 aliphatic rings. The number of nitrogens with zero attached hydrogens (tertiary/aromatic N) is 4. The number of ether oxygens (including phenoxy) is 1. The summed E-state index contributed by atoms with van der Waals surface area (Å²) in [5.74, 6) is 1.36. The molecule has 0 unspecified atom stereocenters. The number of hydrogen-bond acceptors (Lipinski definition) is 5. The van der Waals surface area contributed by atoms with Crippen molar-refractivity contribution >= 4 is 16.8 Å². The molecule has 1 saturated carbocycles. The van der Waals surface area contributed by atoms with Gasteiger partial charge in [0.25, 0.3) is 0 Å². The van der Waals surface area contributed by atoms with Gasteiger partial charge in [-0.25, -0.2) is 4.98 Å². The van der Waals surface area contributed by atoms with Crippen LogP contribution in [0.1, 0.15) is 29.7 Å². The Labute approximate surface area is 157 Å². The molecule has 7 heteroatoms. The Balaban J connectivity index is 1.51. The van der Waals surface area contributed by atoms with Crippen molar-refractivity contribution in [3.8, 4) is 5.88 Å². The minimum atomic E-state index is -0.0654. The van der Waals surface area contributed by atoms with E-state index < -0.39 is 0 Å². The first-order chi connectivity index (χ1) is 13.1. The fourth-order valence-corrected chi connectivity index (χ4v) is 3.04. The van der Waals surface area contributed by atoms with Crippen molar-refractivity contribution in [2.24, 2.45) is 5.92 Å². The van der Waals surface area contributed by atoms with Gasteiger partial charge in [-0.2, -0.15) is 5.10 Å². The highest BCUT2D eigenvalue weighted by molar-refractivity contribution is 5.86. The Morgan fingerprint density at radius 2 is 2.22 bits per heavy atom. The molecule has 0 radical (unpaired) electrons. The molecule has 0 aliphatic heterocycles. The maximum Gasteiger partial charge on any atom is 0.225 e. The molecule has 0 atom stereocenters. The number of aryl methyl sites for hydroxylation is 1. The highest BCUT2D eigenvalue weighted by Gasteiger charge is 2.22. The zero-order chi connectivity index (χ0) is 18.8. The number of carbonyl (C=O) groups excluding carboxylic acids is 1. The van der Waals surface area contributed by atoms with Gasteiger partial charge in [0.15, 0.2) is 0 Å². The predicted molar refractivity (Wildman–Crippen MR) is 102 cm³/mol. The normalized spacial score (nSPS) is 13.7. The van der Waals surface area contributed by atoms with Gasteiger partial charge in [-0.05, 0) is 43.4 Å². The smallest absolute Gasteiger partial charge is 0.225 e. The van der Waals surface area contributed by atoms with Crippen molar-refractivity contribution < 1.29 is 9.53 Å². The molecule has 1 aliphatic carbocycles. The molecular weight excluding hydrogens is 342 g/mol. The summed E-state index contributed by atoms with van der Waals surface area (Å²) < 4.78 is 7.66. The largest absolute Gasteiger partial charge is 0.477 e. The van der Waals surface area contributed by atoms with Crippen molar-refractivity contribution in [1.29, 1.82) is 0 Å². The summed E-state index contributed by atoms with van der Waals surface area (Å²) in [7, 11) is 1.62. The van der Waals surface area contributed by atoms with Crippen LogP contribution in [0.3, 0.4) is 0 Å². The Kier molecular flexibility index (Phi) is 4.75. The summed E-state index contributed by atoms with van der Waals surface area (Å²) in [4.78, 5) is 20.5. The lowest BCUT2D eigenvalue weighted by Crippen LogP contribution is -2.20. The lowest BCUT2D eigenvalue weighted by molar-refractivity contribution is -0.119. The van der Waals surface area contributed by atoms with E-state index in [0.717, 1.165) is 34.3 Å². The van der Waals surface area contributed by atoms with Crippen molar-refractivity contribution in [1.82, 2.24) is 25.1 Å². The van der Waals surface area contributed by atoms with Gasteiger partial charge in [-0.15, -0.1) is 0 Å². The fourth-order valence-electron chi connectivity index (χ4n) is 3.04. The number of nitrogens with one attached hydrogen (secondary N) is 1. The van der Waals surface area contributed by atoms with Gasteiger partial charge >= 0.3 is 0 Å². The minimum Gasteiger partial charge on any atom is -0.477 e. The van der Waals surface area contributed by atoms with Gasteiger partial charge in [0, 0.05) is 36.6 Å². The van der Waals surface area contributed by atoms with Crippen molar-refractivity contribution in [3.05, 3.63) is 47.5 Å². The maximum atomic E-state index is 11.7. The van der Waals surface area contributed by atoms with E-state index in [2.05, 4.69) is 26.4 Å². The van der Waals surface area contributed by atoms with E-state index in [1.54, 1.807) is 13.2 Å². The van der Waals surface area contributed by atoms with Crippen LogP contribution in [0, 0.1) is 12.8 Å². The lowest BCUT2D eigenvalue weighted by Gasteiger charge is -2.09. The second-order valence-electron chi connectivity index (χ2n) is 7.09. The Morgan fingerprint density at radius 3 is 2.96 bits per heavy atom. The van der Waals surface area contributed by atoms with Crippen LogP contribution in [0.15, 0.2) is 30.7 Å². The van der Waals surface area contributed by atoms with E-state index in [4.69, 9.17) is 4.74 Å². The van der Waals surface area contributed by atoms with Crippen molar-refractivity contribution in [3.63, 3.8) is 0 Å². The molecule has 3 aromatic rings. The van der Waals surface area contributed by atoms with Crippen molar-refractivity contribution in [2.75, 3.05) is 13.7 Å². The summed E-state index contributed by atoms with van der Waals surface area (Å²) in [5, 5.41) is 8.14. The van der Waals surface area contributed by atoms with Crippen LogP contribution in [0.2, 0.25) is 0 Å². The zero-order valence-electron chi connectivity index (χ0n) is 15.6.